The number of rotatable bonds is 4. The first-order valence-electron chi connectivity index (χ1n) is 9.90. The third-order valence-electron chi connectivity index (χ3n) is 5.26. The number of nitrogens with one attached hydrogen (secondary N) is 2. The van der Waals surface area contributed by atoms with Gasteiger partial charge >= 0.3 is 0 Å². The summed E-state index contributed by atoms with van der Waals surface area (Å²) in [6.45, 7) is 6.70. The third-order valence-corrected chi connectivity index (χ3v) is 5.26. The van der Waals surface area contributed by atoms with Crippen LogP contribution in [-0.2, 0) is 12.0 Å². The van der Waals surface area contributed by atoms with Gasteiger partial charge in [-0.2, -0.15) is 5.26 Å². The Kier molecular flexibility index (Phi) is 5.04. The van der Waals surface area contributed by atoms with Gasteiger partial charge in [0.15, 0.2) is 0 Å². The van der Waals surface area contributed by atoms with Crippen molar-refractivity contribution in [3.63, 3.8) is 0 Å². The standard InChI is InChI=1S/C24H24N4O2/c1-24(2,3)21-20-19(18(13-25)22(26)30-23(20)28-27-21)16-10-7-11-17(12-16)29-14-15-8-5-4-6-9-15/h4-12,18-19,26H,14H2,1-3H3,(H,27,28). The molecule has 30 heavy (non-hydrogen) atoms. The molecule has 0 saturated heterocycles. The van der Waals surface area contributed by atoms with Crippen LogP contribution in [0.4, 0.5) is 0 Å². The van der Waals surface area contributed by atoms with E-state index in [0.29, 0.717) is 18.2 Å². The van der Waals surface area contributed by atoms with Gasteiger partial charge in [0.2, 0.25) is 11.8 Å². The van der Waals surface area contributed by atoms with Crippen LogP contribution >= 0.6 is 0 Å². The van der Waals surface area contributed by atoms with Crippen LogP contribution in [-0.4, -0.2) is 16.1 Å². The predicted molar refractivity (Wildman–Crippen MR) is 114 cm³/mol. The predicted octanol–water partition coefficient (Wildman–Crippen LogP) is 4.93. The Labute approximate surface area is 176 Å². The maximum Gasteiger partial charge on any atom is 0.243 e. The second-order valence-electron chi connectivity index (χ2n) is 8.46. The van der Waals surface area contributed by atoms with E-state index in [2.05, 4.69) is 37.0 Å². The van der Waals surface area contributed by atoms with Gasteiger partial charge in [0.25, 0.3) is 0 Å². The highest BCUT2D eigenvalue weighted by Gasteiger charge is 2.42. The summed E-state index contributed by atoms with van der Waals surface area (Å²) in [5.74, 6) is -0.0944. The van der Waals surface area contributed by atoms with E-state index in [1.54, 1.807) is 0 Å². The molecule has 6 heteroatoms. The number of benzene rings is 2. The molecule has 0 amide bonds. The van der Waals surface area contributed by atoms with E-state index in [1.165, 1.54) is 0 Å². The number of ether oxygens (including phenoxy) is 2. The topological polar surface area (TPSA) is 94.8 Å². The number of nitrogens with zero attached hydrogens (tertiary/aromatic N) is 2. The van der Waals surface area contributed by atoms with Gasteiger partial charge < -0.3 is 9.47 Å². The lowest BCUT2D eigenvalue weighted by Gasteiger charge is -2.30. The first-order valence-corrected chi connectivity index (χ1v) is 9.90. The van der Waals surface area contributed by atoms with Gasteiger partial charge in [-0.3, -0.25) is 10.5 Å². The lowest BCUT2D eigenvalue weighted by molar-refractivity contribution is 0.305. The van der Waals surface area contributed by atoms with Crippen molar-refractivity contribution in [1.29, 1.82) is 10.7 Å². The molecule has 0 radical (unpaired) electrons. The van der Waals surface area contributed by atoms with E-state index in [9.17, 15) is 5.26 Å². The molecule has 2 unspecified atom stereocenters. The fraction of sp³-hybridized carbons (Fsp3) is 0.292. The van der Waals surface area contributed by atoms with Crippen molar-refractivity contribution in [2.45, 2.75) is 38.7 Å². The van der Waals surface area contributed by atoms with E-state index in [-0.39, 0.29) is 17.2 Å². The summed E-state index contributed by atoms with van der Waals surface area (Å²) in [6.07, 6.45) is 0. The maximum absolute atomic E-state index is 9.84. The van der Waals surface area contributed by atoms with Crippen molar-refractivity contribution in [2.24, 2.45) is 5.92 Å². The minimum absolute atomic E-state index is 0.0856. The molecular formula is C24H24N4O2. The fourth-order valence-electron chi connectivity index (χ4n) is 3.79. The van der Waals surface area contributed by atoms with Gasteiger partial charge in [0.1, 0.15) is 18.3 Å². The molecule has 2 N–H and O–H groups in total. The summed E-state index contributed by atoms with van der Waals surface area (Å²) in [4.78, 5) is 0. The number of nitriles is 1. The van der Waals surface area contributed by atoms with Crippen LogP contribution in [0.25, 0.3) is 0 Å². The summed E-state index contributed by atoms with van der Waals surface area (Å²) in [7, 11) is 0. The van der Waals surface area contributed by atoms with E-state index in [1.807, 2.05) is 54.6 Å². The molecule has 2 aromatic carbocycles. The Balaban J connectivity index is 1.73. The average Bonchev–Trinajstić information content (AvgIpc) is 3.16. The number of H-pyrrole nitrogens is 1. The van der Waals surface area contributed by atoms with E-state index >= 15 is 0 Å². The fourth-order valence-corrected chi connectivity index (χ4v) is 3.79. The molecule has 0 aliphatic carbocycles. The van der Waals surface area contributed by atoms with Crippen LogP contribution in [0.2, 0.25) is 0 Å². The van der Waals surface area contributed by atoms with Gasteiger partial charge in [-0.1, -0.05) is 63.2 Å². The van der Waals surface area contributed by atoms with Crippen molar-refractivity contribution >= 4 is 5.90 Å². The minimum atomic E-state index is -0.736. The van der Waals surface area contributed by atoms with Crippen LogP contribution in [0.3, 0.4) is 0 Å². The molecule has 1 aromatic heterocycles. The third kappa shape index (κ3) is 3.67. The second-order valence-corrected chi connectivity index (χ2v) is 8.46. The Bertz CT molecular complexity index is 1110. The van der Waals surface area contributed by atoms with E-state index < -0.39 is 5.92 Å². The number of hydrogen-bond acceptors (Lipinski definition) is 5. The summed E-state index contributed by atoms with van der Waals surface area (Å²) in [5.41, 5.74) is 3.51. The van der Waals surface area contributed by atoms with Crippen LogP contribution in [0, 0.1) is 22.7 Å². The first-order chi connectivity index (χ1) is 14.4. The highest BCUT2D eigenvalue weighted by molar-refractivity contribution is 5.85. The largest absolute Gasteiger partial charge is 0.489 e. The Morgan fingerprint density at radius 3 is 2.63 bits per heavy atom. The molecule has 0 bridgehead atoms. The maximum atomic E-state index is 9.84. The summed E-state index contributed by atoms with van der Waals surface area (Å²) in [6, 6.07) is 20.0. The number of fused-ring (bicyclic) bond motifs is 1. The molecule has 2 heterocycles. The average molecular weight is 400 g/mol. The molecule has 0 spiro atoms. The Morgan fingerprint density at radius 2 is 1.93 bits per heavy atom. The molecule has 0 saturated carbocycles. The highest BCUT2D eigenvalue weighted by atomic mass is 16.5. The molecule has 4 rings (SSSR count). The molecule has 2 atom stereocenters. The second kappa shape index (κ2) is 7.68. The van der Waals surface area contributed by atoms with Gasteiger partial charge in [-0.05, 0) is 23.3 Å². The van der Waals surface area contributed by atoms with Gasteiger partial charge in [0.05, 0.1) is 6.07 Å². The number of hydrogen-bond donors (Lipinski definition) is 2. The Morgan fingerprint density at radius 1 is 1.17 bits per heavy atom. The SMILES string of the molecule is CC(C)(C)c1[nH]nc2c1C(c1cccc(OCc3ccccc3)c1)C(C#N)C(=N)O2. The smallest absolute Gasteiger partial charge is 0.243 e. The van der Waals surface area contributed by atoms with E-state index in [0.717, 1.165) is 22.4 Å². The molecule has 6 nitrogen and oxygen atoms in total. The van der Waals surface area contributed by atoms with Crippen molar-refractivity contribution in [2.75, 3.05) is 0 Å². The number of aromatic amines is 1. The van der Waals surface area contributed by atoms with Gasteiger partial charge in [-0.15, -0.1) is 5.10 Å². The molecule has 1 aliphatic rings. The Hall–Kier alpha value is -3.59. The summed E-state index contributed by atoms with van der Waals surface area (Å²) < 4.78 is 11.6. The van der Waals surface area contributed by atoms with Crippen LogP contribution < -0.4 is 9.47 Å². The van der Waals surface area contributed by atoms with Crippen molar-refractivity contribution < 1.29 is 9.47 Å². The van der Waals surface area contributed by atoms with E-state index in [4.69, 9.17) is 14.9 Å². The van der Waals surface area contributed by atoms with Crippen molar-refractivity contribution in [1.82, 2.24) is 10.2 Å². The summed E-state index contributed by atoms with van der Waals surface area (Å²) in [5, 5.41) is 25.4. The summed E-state index contributed by atoms with van der Waals surface area (Å²) >= 11 is 0. The normalized spacial score (nSPS) is 18.3. The highest BCUT2D eigenvalue weighted by Crippen LogP contribution is 2.46. The lowest BCUT2D eigenvalue weighted by Crippen LogP contribution is -2.32. The molecule has 1 aliphatic heterocycles. The van der Waals surface area contributed by atoms with Crippen molar-refractivity contribution in [3.8, 4) is 17.7 Å². The molecule has 3 aromatic rings. The zero-order valence-electron chi connectivity index (χ0n) is 17.3. The van der Waals surface area contributed by atoms with Crippen LogP contribution in [0.15, 0.2) is 54.6 Å². The van der Waals surface area contributed by atoms with Gasteiger partial charge in [0, 0.05) is 22.6 Å². The van der Waals surface area contributed by atoms with Crippen LogP contribution in [0.5, 0.6) is 11.6 Å². The quantitative estimate of drug-likeness (QED) is 0.649. The minimum Gasteiger partial charge on any atom is -0.489 e. The zero-order chi connectivity index (χ0) is 21.3. The monoisotopic (exact) mass is 400 g/mol. The molecule has 0 fully saturated rings. The van der Waals surface area contributed by atoms with Crippen LogP contribution in [0.1, 0.15) is 49.1 Å². The lowest BCUT2D eigenvalue weighted by atomic mass is 9.76. The zero-order valence-corrected chi connectivity index (χ0v) is 17.3. The van der Waals surface area contributed by atoms with Crippen molar-refractivity contribution in [3.05, 3.63) is 77.0 Å². The molecule has 152 valence electrons. The number of aromatic nitrogens is 2. The first kappa shape index (κ1) is 19.7. The van der Waals surface area contributed by atoms with Gasteiger partial charge in [-0.25, -0.2) is 0 Å². The molecular weight excluding hydrogens is 376 g/mol.